The molecule has 130 valence electrons. The molecule has 0 aliphatic rings. The highest BCUT2D eigenvalue weighted by atomic mass is 35.5. The van der Waals surface area contributed by atoms with Crippen LogP contribution in [0.15, 0.2) is 78.9 Å². The number of nitrogens with zero attached hydrogens (tertiary/aromatic N) is 1. The Bertz CT molecular complexity index is 910. The van der Waals surface area contributed by atoms with Gasteiger partial charge in [-0.15, -0.1) is 0 Å². The van der Waals surface area contributed by atoms with E-state index in [1.54, 1.807) is 48.5 Å². The van der Waals surface area contributed by atoms with Crippen LogP contribution in [0.25, 0.3) is 0 Å². The molecule has 3 aromatic rings. The van der Waals surface area contributed by atoms with Gasteiger partial charge in [0.05, 0.1) is 5.69 Å². The number of amides is 2. The number of hydrogen-bond acceptors (Lipinski definition) is 3. The van der Waals surface area contributed by atoms with Gasteiger partial charge in [-0.3, -0.25) is 14.8 Å². The predicted molar refractivity (Wildman–Crippen MR) is 101 cm³/mol. The molecule has 3 aromatic carbocycles. The second kappa shape index (κ2) is 7.82. The zero-order valence-corrected chi connectivity index (χ0v) is 14.4. The Kier molecular flexibility index (Phi) is 5.31. The fraction of sp³-hybridized carbons (Fsp3) is 0. The molecule has 0 saturated carbocycles. The van der Waals surface area contributed by atoms with Crippen LogP contribution in [0.5, 0.6) is 0 Å². The molecule has 0 aromatic heterocycles. The summed E-state index contributed by atoms with van der Waals surface area (Å²) >= 11 is 5.80. The normalized spacial score (nSPS) is 10.2. The third kappa shape index (κ3) is 4.08. The van der Waals surface area contributed by atoms with E-state index in [4.69, 9.17) is 11.6 Å². The zero-order valence-electron chi connectivity index (χ0n) is 13.6. The van der Waals surface area contributed by atoms with Crippen LogP contribution in [0.1, 0.15) is 20.7 Å². The van der Waals surface area contributed by atoms with E-state index in [9.17, 15) is 14.8 Å². The second-order valence-electron chi connectivity index (χ2n) is 5.49. The van der Waals surface area contributed by atoms with E-state index in [-0.39, 0.29) is 11.5 Å². The first kappa shape index (κ1) is 17.7. The van der Waals surface area contributed by atoms with Gasteiger partial charge in [-0.2, -0.15) is 5.06 Å². The van der Waals surface area contributed by atoms with Crippen LogP contribution in [0, 0.1) is 0 Å². The predicted octanol–water partition coefficient (Wildman–Crippen LogP) is 4.63. The molecule has 0 heterocycles. The van der Waals surface area contributed by atoms with Crippen molar-refractivity contribution >= 4 is 34.8 Å². The number of hydrogen-bond donors (Lipinski definition) is 2. The quantitative estimate of drug-likeness (QED) is 0.522. The Labute approximate surface area is 155 Å². The van der Waals surface area contributed by atoms with Gasteiger partial charge in [-0.05, 0) is 60.7 Å². The van der Waals surface area contributed by atoms with Crippen molar-refractivity contribution in [2.75, 3.05) is 10.4 Å². The molecule has 0 unspecified atom stereocenters. The van der Waals surface area contributed by atoms with Crippen LogP contribution >= 0.6 is 11.6 Å². The van der Waals surface area contributed by atoms with Crippen molar-refractivity contribution in [3.8, 4) is 0 Å². The average molecular weight is 367 g/mol. The van der Waals surface area contributed by atoms with E-state index in [2.05, 4.69) is 5.32 Å². The van der Waals surface area contributed by atoms with Gasteiger partial charge in [0.1, 0.15) is 0 Å². The van der Waals surface area contributed by atoms with Crippen molar-refractivity contribution in [1.82, 2.24) is 0 Å². The van der Waals surface area contributed by atoms with Crippen LogP contribution in [0.4, 0.5) is 11.4 Å². The molecule has 0 bridgehead atoms. The minimum atomic E-state index is -0.590. The Hall–Kier alpha value is -3.15. The molecule has 0 aliphatic carbocycles. The number of anilines is 2. The third-order valence-electron chi connectivity index (χ3n) is 3.69. The molecule has 0 saturated heterocycles. The van der Waals surface area contributed by atoms with Crippen molar-refractivity contribution in [3.05, 3.63) is 95.0 Å². The molecule has 0 atom stereocenters. The minimum absolute atomic E-state index is 0.241. The highest BCUT2D eigenvalue weighted by molar-refractivity contribution is 6.30. The Balaban J connectivity index is 1.69. The smallest absolute Gasteiger partial charge is 0.281 e. The number of rotatable bonds is 4. The van der Waals surface area contributed by atoms with Gasteiger partial charge in [0.25, 0.3) is 11.8 Å². The van der Waals surface area contributed by atoms with Crippen LogP contribution < -0.4 is 10.4 Å². The summed E-state index contributed by atoms with van der Waals surface area (Å²) in [7, 11) is 0. The molecule has 2 N–H and O–H groups in total. The van der Waals surface area contributed by atoms with Gasteiger partial charge < -0.3 is 5.32 Å². The molecule has 3 rings (SSSR count). The lowest BCUT2D eigenvalue weighted by molar-refractivity contribution is 0.0854. The standard InChI is InChI=1S/C20H15ClN2O3/c21-16-8-12-18(13-9-16)23(26)20(25)15-6-10-17(11-7-15)22-19(24)14-4-2-1-3-5-14/h1-13,26H,(H,22,24). The van der Waals surface area contributed by atoms with E-state index in [0.29, 0.717) is 27.0 Å². The fourth-order valence-corrected chi connectivity index (χ4v) is 2.44. The number of hydroxylamine groups is 1. The molecule has 5 nitrogen and oxygen atoms in total. The minimum Gasteiger partial charge on any atom is -0.322 e. The third-order valence-corrected chi connectivity index (χ3v) is 3.94. The number of halogens is 1. The van der Waals surface area contributed by atoms with Crippen LogP contribution in [0.2, 0.25) is 5.02 Å². The zero-order chi connectivity index (χ0) is 18.5. The van der Waals surface area contributed by atoms with Crippen LogP contribution in [-0.2, 0) is 0 Å². The highest BCUT2D eigenvalue weighted by Gasteiger charge is 2.16. The molecule has 0 radical (unpaired) electrons. The van der Waals surface area contributed by atoms with Crippen molar-refractivity contribution in [2.24, 2.45) is 0 Å². The second-order valence-corrected chi connectivity index (χ2v) is 5.93. The summed E-state index contributed by atoms with van der Waals surface area (Å²) in [6.07, 6.45) is 0. The molecule has 0 spiro atoms. The van der Waals surface area contributed by atoms with Gasteiger partial charge in [0.15, 0.2) is 0 Å². The number of benzene rings is 3. The van der Waals surface area contributed by atoms with Crippen molar-refractivity contribution < 1.29 is 14.8 Å². The topological polar surface area (TPSA) is 69.6 Å². The van der Waals surface area contributed by atoms with Gasteiger partial charge in [0.2, 0.25) is 0 Å². The summed E-state index contributed by atoms with van der Waals surface area (Å²) < 4.78 is 0. The first-order valence-corrected chi connectivity index (χ1v) is 8.18. The summed E-state index contributed by atoms with van der Waals surface area (Å²) in [6, 6.07) is 21.3. The summed E-state index contributed by atoms with van der Waals surface area (Å²) in [6.45, 7) is 0. The van der Waals surface area contributed by atoms with Gasteiger partial charge in [-0.25, -0.2) is 0 Å². The van der Waals surface area contributed by atoms with E-state index >= 15 is 0 Å². The molecular weight excluding hydrogens is 352 g/mol. The maximum Gasteiger partial charge on any atom is 0.281 e. The summed E-state index contributed by atoms with van der Waals surface area (Å²) in [4.78, 5) is 24.5. The molecule has 2 amide bonds. The largest absolute Gasteiger partial charge is 0.322 e. The van der Waals surface area contributed by atoms with Crippen LogP contribution in [-0.4, -0.2) is 17.0 Å². The van der Waals surface area contributed by atoms with Gasteiger partial charge in [-0.1, -0.05) is 29.8 Å². The lowest BCUT2D eigenvalue weighted by atomic mass is 10.1. The maximum atomic E-state index is 12.3. The number of nitrogens with one attached hydrogen (secondary N) is 1. The highest BCUT2D eigenvalue weighted by Crippen LogP contribution is 2.19. The average Bonchev–Trinajstić information content (AvgIpc) is 2.69. The van der Waals surface area contributed by atoms with E-state index < -0.39 is 5.91 Å². The molecule has 0 fully saturated rings. The van der Waals surface area contributed by atoms with Gasteiger partial charge in [0, 0.05) is 21.8 Å². The molecule has 0 aliphatic heterocycles. The van der Waals surface area contributed by atoms with Crippen molar-refractivity contribution in [3.63, 3.8) is 0 Å². The number of carbonyl (C=O) groups excluding carboxylic acids is 2. The Morgan fingerprint density at radius 3 is 2.04 bits per heavy atom. The summed E-state index contributed by atoms with van der Waals surface area (Å²) in [5.74, 6) is -0.831. The fourth-order valence-electron chi connectivity index (χ4n) is 2.31. The Morgan fingerprint density at radius 2 is 1.42 bits per heavy atom. The van der Waals surface area contributed by atoms with E-state index in [1.165, 1.54) is 24.3 Å². The monoisotopic (exact) mass is 366 g/mol. The Morgan fingerprint density at radius 1 is 0.808 bits per heavy atom. The lowest BCUT2D eigenvalue weighted by Crippen LogP contribution is -2.26. The lowest BCUT2D eigenvalue weighted by Gasteiger charge is -2.15. The first-order valence-electron chi connectivity index (χ1n) is 7.80. The molecular formula is C20H15ClN2O3. The van der Waals surface area contributed by atoms with E-state index in [1.807, 2.05) is 6.07 Å². The molecule has 6 heteroatoms. The van der Waals surface area contributed by atoms with Crippen LogP contribution in [0.3, 0.4) is 0 Å². The van der Waals surface area contributed by atoms with Crippen molar-refractivity contribution in [1.29, 1.82) is 0 Å². The SMILES string of the molecule is O=C(Nc1ccc(C(=O)N(O)c2ccc(Cl)cc2)cc1)c1ccccc1. The summed E-state index contributed by atoms with van der Waals surface area (Å²) in [5, 5.41) is 13.9. The van der Waals surface area contributed by atoms with Gasteiger partial charge >= 0.3 is 0 Å². The first-order chi connectivity index (χ1) is 12.5. The molecule has 26 heavy (non-hydrogen) atoms. The number of carbonyl (C=O) groups is 2. The maximum absolute atomic E-state index is 12.3. The van der Waals surface area contributed by atoms with E-state index in [0.717, 1.165) is 0 Å². The summed E-state index contributed by atoms with van der Waals surface area (Å²) in [5.41, 5.74) is 1.67. The van der Waals surface area contributed by atoms with Crippen molar-refractivity contribution in [2.45, 2.75) is 0 Å².